The number of benzene rings is 1. The molecule has 0 spiro atoms. The molecule has 4 atom stereocenters. The Morgan fingerprint density at radius 2 is 2.11 bits per heavy atom. The minimum absolute atomic E-state index is 0.0180. The Bertz CT molecular complexity index is 873. The fraction of sp³-hybridized carbons (Fsp3) is 0.522. The molecule has 1 fully saturated rings. The highest BCUT2D eigenvalue weighted by molar-refractivity contribution is 5.76. The third-order valence-electron chi connectivity index (χ3n) is 6.83. The Morgan fingerprint density at radius 1 is 1.25 bits per heavy atom. The van der Waals surface area contributed by atoms with E-state index in [1.807, 2.05) is 18.2 Å². The van der Waals surface area contributed by atoms with Crippen molar-refractivity contribution in [2.24, 2.45) is 17.3 Å². The molecule has 148 valence electrons. The van der Waals surface area contributed by atoms with E-state index in [9.17, 15) is 4.79 Å². The van der Waals surface area contributed by atoms with E-state index in [1.165, 1.54) is 11.1 Å². The molecule has 1 aromatic carbocycles. The summed E-state index contributed by atoms with van der Waals surface area (Å²) in [6.07, 6.45) is 7.90. The summed E-state index contributed by atoms with van der Waals surface area (Å²) in [5, 5.41) is 3.45. The van der Waals surface area contributed by atoms with Gasteiger partial charge in [0.2, 0.25) is 6.79 Å². The standard InChI is InChI=1S/C23H27NO4/c1-14-4-3-7-23(2)10-21-16(9-18(14)23)17(22(25)28-21)12-24-11-15-5-6-19-20(8-15)27-13-26-19/h4-6,8-9,16-17,21,24H,3,7,10-13H2,1-2H3. The van der Waals surface area contributed by atoms with Gasteiger partial charge >= 0.3 is 5.97 Å². The number of esters is 1. The number of nitrogens with one attached hydrogen (secondary N) is 1. The maximum absolute atomic E-state index is 12.6. The number of fused-ring (bicyclic) bond motifs is 3. The Morgan fingerprint density at radius 3 is 3.00 bits per heavy atom. The number of hydrogen-bond donors (Lipinski definition) is 1. The second-order valence-electron chi connectivity index (χ2n) is 8.75. The van der Waals surface area contributed by atoms with Crippen LogP contribution in [0.3, 0.4) is 0 Å². The van der Waals surface area contributed by atoms with Gasteiger partial charge in [-0.25, -0.2) is 0 Å². The minimum Gasteiger partial charge on any atom is -0.461 e. The van der Waals surface area contributed by atoms with E-state index in [0.717, 1.165) is 36.3 Å². The second kappa shape index (κ2) is 6.66. The topological polar surface area (TPSA) is 56.8 Å². The number of hydrogen-bond acceptors (Lipinski definition) is 5. The van der Waals surface area contributed by atoms with Crippen molar-refractivity contribution in [1.82, 2.24) is 5.32 Å². The van der Waals surface area contributed by atoms with Crippen LogP contribution < -0.4 is 14.8 Å². The summed E-state index contributed by atoms with van der Waals surface area (Å²) in [4.78, 5) is 12.6. The average molecular weight is 381 g/mol. The smallest absolute Gasteiger partial charge is 0.311 e. The Labute approximate surface area is 165 Å². The summed E-state index contributed by atoms with van der Waals surface area (Å²) in [6.45, 7) is 6.12. The van der Waals surface area contributed by atoms with Gasteiger partial charge < -0.3 is 19.5 Å². The quantitative estimate of drug-likeness (QED) is 0.805. The van der Waals surface area contributed by atoms with Crippen LogP contribution in [0, 0.1) is 17.3 Å². The lowest BCUT2D eigenvalue weighted by Gasteiger charge is -2.42. The molecule has 0 amide bonds. The first-order valence-electron chi connectivity index (χ1n) is 10.2. The third-order valence-corrected chi connectivity index (χ3v) is 6.83. The molecular weight excluding hydrogens is 354 g/mol. The fourth-order valence-corrected chi connectivity index (χ4v) is 5.28. The van der Waals surface area contributed by atoms with Crippen LogP contribution in [0.1, 0.15) is 38.7 Å². The van der Waals surface area contributed by atoms with Crippen LogP contribution in [0.2, 0.25) is 0 Å². The lowest BCUT2D eigenvalue weighted by molar-refractivity contribution is -0.145. The zero-order valence-electron chi connectivity index (χ0n) is 16.5. The highest BCUT2D eigenvalue weighted by Gasteiger charge is 2.50. The summed E-state index contributed by atoms with van der Waals surface area (Å²) in [5.74, 6) is 1.57. The molecule has 0 radical (unpaired) electrons. The molecule has 2 aliphatic carbocycles. The summed E-state index contributed by atoms with van der Waals surface area (Å²) in [7, 11) is 0. The Hall–Kier alpha value is -2.27. The monoisotopic (exact) mass is 381 g/mol. The molecule has 1 aromatic rings. The van der Waals surface area contributed by atoms with Gasteiger partial charge in [-0.05, 0) is 54.9 Å². The fourth-order valence-electron chi connectivity index (χ4n) is 5.28. The van der Waals surface area contributed by atoms with Crippen LogP contribution in [0.5, 0.6) is 11.5 Å². The maximum atomic E-state index is 12.6. The van der Waals surface area contributed by atoms with E-state index in [0.29, 0.717) is 13.1 Å². The molecule has 0 saturated carbocycles. The van der Waals surface area contributed by atoms with Crippen LogP contribution in [0.15, 0.2) is 41.5 Å². The van der Waals surface area contributed by atoms with Crippen LogP contribution in [-0.2, 0) is 16.1 Å². The van der Waals surface area contributed by atoms with Crippen molar-refractivity contribution in [3.63, 3.8) is 0 Å². The molecule has 1 N–H and O–H groups in total. The van der Waals surface area contributed by atoms with Crippen molar-refractivity contribution in [3.8, 4) is 11.5 Å². The highest BCUT2D eigenvalue weighted by atomic mass is 16.7. The summed E-state index contributed by atoms with van der Waals surface area (Å²) in [5.41, 5.74) is 4.07. The van der Waals surface area contributed by atoms with E-state index >= 15 is 0 Å². The first-order valence-corrected chi connectivity index (χ1v) is 10.2. The number of allylic oxidation sites excluding steroid dienone is 3. The molecule has 5 heteroatoms. The van der Waals surface area contributed by atoms with E-state index in [2.05, 4.69) is 31.3 Å². The maximum Gasteiger partial charge on any atom is 0.311 e. The van der Waals surface area contributed by atoms with Crippen molar-refractivity contribution in [2.45, 2.75) is 45.8 Å². The van der Waals surface area contributed by atoms with Crippen molar-refractivity contribution in [1.29, 1.82) is 0 Å². The highest BCUT2D eigenvalue weighted by Crippen LogP contribution is 2.52. The SMILES string of the molecule is CC1=CCCC2(C)CC3OC(=O)C(CNCc4ccc5c(c4)OCO5)C3C=C12. The van der Waals surface area contributed by atoms with Crippen LogP contribution in [0.25, 0.3) is 0 Å². The van der Waals surface area contributed by atoms with Gasteiger partial charge in [-0.3, -0.25) is 4.79 Å². The van der Waals surface area contributed by atoms with Gasteiger partial charge in [0.25, 0.3) is 0 Å². The molecule has 2 aliphatic heterocycles. The van der Waals surface area contributed by atoms with Gasteiger partial charge in [-0.2, -0.15) is 0 Å². The summed E-state index contributed by atoms with van der Waals surface area (Å²) in [6, 6.07) is 5.96. The van der Waals surface area contributed by atoms with E-state index < -0.39 is 0 Å². The lowest BCUT2D eigenvalue weighted by Crippen LogP contribution is -2.38. The third kappa shape index (κ3) is 2.93. The van der Waals surface area contributed by atoms with Crippen LogP contribution >= 0.6 is 0 Å². The van der Waals surface area contributed by atoms with Crippen molar-refractivity contribution in [3.05, 3.63) is 47.1 Å². The summed E-state index contributed by atoms with van der Waals surface area (Å²) < 4.78 is 16.6. The molecular formula is C23H27NO4. The number of rotatable bonds is 4. The minimum atomic E-state index is -0.120. The number of carbonyl (C=O) groups is 1. The lowest BCUT2D eigenvalue weighted by atomic mass is 9.62. The van der Waals surface area contributed by atoms with Gasteiger partial charge in [0.05, 0.1) is 5.92 Å². The van der Waals surface area contributed by atoms with E-state index in [4.69, 9.17) is 14.2 Å². The molecule has 4 unspecified atom stereocenters. The number of carbonyl (C=O) groups excluding carboxylic acids is 1. The zero-order valence-corrected chi connectivity index (χ0v) is 16.5. The first kappa shape index (κ1) is 17.8. The van der Waals surface area contributed by atoms with E-state index in [-0.39, 0.29) is 36.1 Å². The molecule has 0 aromatic heterocycles. The van der Waals surface area contributed by atoms with Crippen LogP contribution in [-0.4, -0.2) is 25.4 Å². The zero-order chi connectivity index (χ0) is 19.3. The molecule has 5 rings (SSSR count). The van der Waals surface area contributed by atoms with Gasteiger partial charge in [-0.1, -0.05) is 30.7 Å². The van der Waals surface area contributed by atoms with Crippen LogP contribution in [0.4, 0.5) is 0 Å². The van der Waals surface area contributed by atoms with Crippen molar-refractivity contribution in [2.75, 3.05) is 13.3 Å². The molecule has 2 heterocycles. The van der Waals surface area contributed by atoms with Gasteiger partial charge in [0.1, 0.15) is 6.10 Å². The molecule has 5 nitrogen and oxygen atoms in total. The molecule has 0 bridgehead atoms. The predicted molar refractivity (Wildman–Crippen MR) is 105 cm³/mol. The molecule has 4 aliphatic rings. The normalized spacial score (nSPS) is 32.9. The summed E-state index contributed by atoms with van der Waals surface area (Å²) >= 11 is 0. The largest absolute Gasteiger partial charge is 0.461 e. The van der Waals surface area contributed by atoms with Gasteiger partial charge in [0, 0.05) is 19.0 Å². The average Bonchev–Trinajstić information content (AvgIpc) is 3.24. The van der Waals surface area contributed by atoms with Gasteiger partial charge in [0.15, 0.2) is 11.5 Å². The number of ether oxygens (including phenoxy) is 3. The molecule has 28 heavy (non-hydrogen) atoms. The van der Waals surface area contributed by atoms with Gasteiger partial charge in [-0.15, -0.1) is 0 Å². The second-order valence-corrected chi connectivity index (χ2v) is 8.75. The molecule has 1 saturated heterocycles. The van der Waals surface area contributed by atoms with Crippen molar-refractivity contribution < 1.29 is 19.0 Å². The Balaban J connectivity index is 1.28. The Kier molecular flexibility index (Phi) is 4.23. The van der Waals surface area contributed by atoms with Crippen molar-refractivity contribution >= 4 is 5.97 Å². The first-order chi connectivity index (χ1) is 13.5. The van der Waals surface area contributed by atoms with E-state index in [1.54, 1.807) is 0 Å². The predicted octanol–water partition coefficient (Wildman–Crippen LogP) is 3.74.